The molecule has 0 radical (unpaired) electrons. The van der Waals surface area contributed by atoms with Gasteiger partial charge in [-0.3, -0.25) is 14.5 Å². The molecule has 5 nitrogen and oxygen atoms in total. The molecule has 0 spiro atoms. The number of amides is 1. The van der Waals surface area contributed by atoms with Gasteiger partial charge in [-0.1, -0.05) is 13.8 Å². The summed E-state index contributed by atoms with van der Waals surface area (Å²) < 4.78 is 0. The normalized spacial score (nSPS) is 19.0. The molecule has 1 saturated heterocycles. The van der Waals surface area contributed by atoms with Crippen LogP contribution in [0.25, 0.3) is 0 Å². The van der Waals surface area contributed by atoms with Crippen LogP contribution in [-0.4, -0.2) is 52.7 Å². The van der Waals surface area contributed by atoms with E-state index >= 15 is 0 Å². The molecule has 0 unspecified atom stereocenters. The summed E-state index contributed by atoms with van der Waals surface area (Å²) in [6, 6.07) is 0. The van der Waals surface area contributed by atoms with E-state index in [9.17, 15) is 9.59 Å². The monoisotopic (exact) mass is 349 g/mol. The van der Waals surface area contributed by atoms with Crippen LogP contribution in [-0.2, 0) is 17.8 Å². The second kappa shape index (κ2) is 7.74. The Kier molecular flexibility index (Phi) is 5.66. The first-order valence-electron chi connectivity index (χ1n) is 9.15. The van der Waals surface area contributed by atoms with Crippen LogP contribution in [0.2, 0.25) is 0 Å². The van der Waals surface area contributed by atoms with E-state index in [0.29, 0.717) is 12.3 Å². The molecule has 0 aromatic carbocycles. The zero-order valence-corrected chi connectivity index (χ0v) is 15.5. The van der Waals surface area contributed by atoms with E-state index in [0.717, 1.165) is 74.0 Å². The molecule has 1 aromatic rings. The molecule has 2 heterocycles. The van der Waals surface area contributed by atoms with E-state index in [2.05, 4.69) is 23.7 Å². The molecule has 132 valence electrons. The predicted octanol–water partition coefficient (Wildman–Crippen LogP) is 2.74. The number of carbonyl (C=O) groups excluding carboxylic acids is 2. The number of hydrogen-bond donors (Lipinski definition) is 0. The Morgan fingerprint density at radius 3 is 2.50 bits per heavy atom. The average Bonchev–Trinajstić information content (AvgIpc) is 3.00. The topological polar surface area (TPSA) is 53.5 Å². The van der Waals surface area contributed by atoms with Gasteiger partial charge in [0, 0.05) is 38.5 Å². The van der Waals surface area contributed by atoms with E-state index < -0.39 is 0 Å². The van der Waals surface area contributed by atoms with Gasteiger partial charge in [0.2, 0.25) is 5.91 Å². The van der Waals surface area contributed by atoms with E-state index in [1.54, 1.807) is 11.3 Å². The quantitative estimate of drug-likeness (QED) is 0.820. The van der Waals surface area contributed by atoms with Crippen LogP contribution in [0.3, 0.4) is 0 Å². The zero-order valence-electron chi connectivity index (χ0n) is 14.7. The Labute approximate surface area is 148 Å². The van der Waals surface area contributed by atoms with Gasteiger partial charge >= 0.3 is 0 Å². The molecule has 0 bridgehead atoms. The van der Waals surface area contributed by atoms with Crippen LogP contribution in [0, 0.1) is 5.92 Å². The number of carbonyl (C=O) groups is 2. The minimum atomic E-state index is 0.174. The van der Waals surface area contributed by atoms with Crippen molar-refractivity contribution < 1.29 is 9.59 Å². The summed E-state index contributed by atoms with van der Waals surface area (Å²) in [4.78, 5) is 34.3. The van der Waals surface area contributed by atoms with Crippen molar-refractivity contribution in [1.29, 1.82) is 0 Å². The number of aryl methyl sites for hydroxylation is 1. The van der Waals surface area contributed by atoms with Gasteiger partial charge in [0.25, 0.3) is 0 Å². The van der Waals surface area contributed by atoms with Crippen molar-refractivity contribution in [2.75, 3.05) is 26.2 Å². The lowest BCUT2D eigenvalue weighted by atomic mass is 10.0. The maximum atomic E-state index is 12.5. The van der Waals surface area contributed by atoms with Crippen molar-refractivity contribution in [1.82, 2.24) is 14.8 Å². The first-order chi connectivity index (χ1) is 11.6. The molecule has 0 saturated carbocycles. The number of ketones is 1. The zero-order chi connectivity index (χ0) is 17.1. The minimum Gasteiger partial charge on any atom is -0.340 e. The van der Waals surface area contributed by atoms with Crippen LogP contribution in [0.15, 0.2) is 0 Å². The molecule has 3 rings (SSSR count). The number of aromatic nitrogens is 1. The van der Waals surface area contributed by atoms with Crippen molar-refractivity contribution in [2.24, 2.45) is 5.92 Å². The summed E-state index contributed by atoms with van der Waals surface area (Å²) in [5.74, 6) is 0.754. The summed E-state index contributed by atoms with van der Waals surface area (Å²) >= 11 is 1.57. The number of hydrogen-bond acceptors (Lipinski definition) is 5. The minimum absolute atomic E-state index is 0.174. The molecule has 1 amide bonds. The molecule has 1 aliphatic heterocycles. The summed E-state index contributed by atoms with van der Waals surface area (Å²) in [5.41, 5.74) is 1.01. The third-order valence-electron chi connectivity index (χ3n) is 5.19. The van der Waals surface area contributed by atoms with Gasteiger partial charge < -0.3 is 4.90 Å². The molecular formula is C18H27N3O2S. The summed E-state index contributed by atoms with van der Waals surface area (Å²) in [7, 11) is 0. The van der Waals surface area contributed by atoms with Crippen LogP contribution >= 0.6 is 11.3 Å². The lowest BCUT2D eigenvalue weighted by Gasteiger charge is -2.35. The van der Waals surface area contributed by atoms with Crippen molar-refractivity contribution in [3.05, 3.63) is 15.6 Å². The number of piperazine rings is 1. The Bertz CT molecular complexity index is 601. The van der Waals surface area contributed by atoms with Crippen molar-refractivity contribution in [3.8, 4) is 0 Å². The molecular weight excluding hydrogens is 322 g/mol. The SMILES string of the molecule is CCC(CC)C(=O)N1CCN(Cc2nc3c(s2)C(=O)CCC3)CC1. The van der Waals surface area contributed by atoms with Crippen LogP contribution in [0.1, 0.15) is 59.9 Å². The summed E-state index contributed by atoms with van der Waals surface area (Å²) in [5, 5.41) is 1.05. The van der Waals surface area contributed by atoms with Gasteiger partial charge in [-0.25, -0.2) is 4.98 Å². The molecule has 1 aromatic heterocycles. The van der Waals surface area contributed by atoms with Gasteiger partial charge in [0.15, 0.2) is 5.78 Å². The molecule has 2 aliphatic rings. The molecule has 0 N–H and O–H groups in total. The molecule has 6 heteroatoms. The second-order valence-corrected chi connectivity index (χ2v) is 7.86. The lowest BCUT2D eigenvalue weighted by Crippen LogP contribution is -2.49. The number of thiazole rings is 1. The van der Waals surface area contributed by atoms with Crippen molar-refractivity contribution in [3.63, 3.8) is 0 Å². The third-order valence-corrected chi connectivity index (χ3v) is 6.31. The summed E-state index contributed by atoms with van der Waals surface area (Å²) in [6.07, 6.45) is 4.40. The van der Waals surface area contributed by atoms with Gasteiger partial charge in [0.1, 0.15) is 5.01 Å². The average molecular weight is 350 g/mol. The van der Waals surface area contributed by atoms with E-state index in [-0.39, 0.29) is 11.7 Å². The van der Waals surface area contributed by atoms with Crippen LogP contribution in [0.4, 0.5) is 0 Å². The highest BCUT2D eigenvalue weighted by molar-refractivity contribution is 7.13. The Morgan fingerprint density at radius 1 is 1.17 bits per heavy atom. The smallest absolute Gasteiger partial charge is 0.225 e. The third kappa shape index (κ3) is 3.70. The second-order valence-electron chi connectivity index (χ2n) is 6.78. The molecule has 0 atom stereocenters. The Hall–Kier alpha value is -1.27. The number of fused-ring (bicyclic) bond motifs is 1. The van der Waals surface area contributed by atoms with Crippen molar-refractivity contribution in [2.45, 2.75) is 52.5 Å². The van der Waals surface area contributed by atoms with Gasteiger partial charge in [0.05, 0.1) is 17.1 Å². The fraction of sp³-hybridized carbons (Fsp3) is 0.722. The Morgan fingerprint density at radius 2 is 1.88 bits per heavy atom. The van der Waals surface area contributed by atoms with E-state index in [4.69, 9.17) is 0 Å². The first kappa shape index (κ1) is 17.5. The highest BCUT2D eigenvalue weighted by atomic mass is 32.1. The van der Waals surface area contributed by atoms with Gasteiger partial charge in [-0.05, 0) is 25.7 Å². The summed E-state index contributed by atoms with van der Waals surface area (Å²) in [6.45, 7) is 8.38. The van der Waals surface area contributed by atoms with Crippen molar-refractivity contribution >= 4 is 23.0 Å². The number of Topliss-reactive ketones (excluding diaryl/α,β-unsaturated/α-hetero) is 1. The fourth-order valence-corrected chi connectivity index (χ4v) is 4.72. The maximum absolute atomic E-state index is 12.5. The fourth-order valence-electron chi connectivity index (χ4n) is 3.60. The molecule has 1 aliphatic carbocycles. The largest absolute Gasteiger partial charge is 0.340 e. The van der Waals surface area contributed by atoms with E-state index in [1.807, 2.05) is 4.90 Å². The highest BCUT2D eigenvalue weighted by Crippen LogP contribution is 2.27. The lowest BCUT2D eigenvalue weighted by molar-refractivity contribution is -0.137. The predicted molar refractivity (Wildman–Crippen MR) is 95.3 cm³/mol. The highest BCUT2D eigenvalue weighted by Gasteiger charge is 2.27. The number of nitrogens with zero attached hydrogens (tertiary/aromatic N) is 3. The first-order valence-corrected chi connectivity index (χ1v) is 9.96. The van der Waals surface area contributed by atoms with Gasteiger partial charge in [-0.2, -0.15) is 0 Å². The molecule has 1 fully saturated rings. The molecule has 24 heavy (non-hydrogen) atoms. The standard InChI is InChI=1S/C18H27N3O2S/c1-3-13(4-2)18(23)21-10-8-20(9-11-21)12-16-19-14-6-5-7-15(22)17(14)24-16/h13H,3-12H2,1-2H3. The maximum Gasteiger partial charge on any atom is 0.225 e. The van der Waals surface area contributed by atoms with E-state index in [1.165, 1.54) is 0 Å². The Balaban J connectivity index is 1.54. The van der Waals surface area contributed by atoms with Gasteiger partial charge in [-0.15, -0.1) is 11.3 Å². The van der Waals surface area contributed by atoms with Crippen LogP contribution < -0.4 is 0 Å². The number of rotatable bonds is 5. The van der Waals surface area contributed by atoms with Crippen LogP contribution in [0.5, 0.6) is 0 Å².